The van der Waals surface area contributed by atoms with Crippen LogP contribution in [0.4, 0.5) is 5.69 Å². The van der Waals surface area contributed by atoms with Crippen LogP contribution in [0.2, 0.25) is 0 Å². The Morgan fingerprint density at radius 3 is 2.54 bits per heavy atom. The summed E-state index contributed by atoms with van der Waals surface area (Å²) in [5.41, 5.74) is 2.14. The first kappa shape index (κ1) is 17.6. The van der Waals surface area contributed by atoms with E-state index in [-0.39, 0.29) is 12.0 Å². The Morgan fingerprint density at radius 2 is 1.83 bits per heavy atom. The van der Waals surface area contributed by atoms with Gasteiger partial charge >= 0.3 is 0 Å². The fourth-order valence-electron chi connectivity index (χ4n) is 2.06. The second-order valence-corrected chi connectivity index (χ2v) is 5.92. The van der Waals surface area contributed by atoms with E-state index in [1.54, 1.807) is 24.3 Å². The Hall–Kier alpha value is -2.75. The van der Waals surface area contributed by atoms with E-state index < -0.39 is 0 Å². The molecule has 0 heterocycles. The molecule has 0 saturated heterocycles. The molecule has 2 aromatic rings. The van der Waals surface area contributed by atoms with Crippen LogP contribution in [-0.4, -0.2) is 18.6 Å². The number of rotatable bonds is 7. The summed E-state index contributed by atoms with van der Waals surface area (Å²) in [5.74, 6) is 1.17. The highest BCUT2D eigenvalue weighted by atomic mass is 16.5. The van der Waals surface area contributed by atoms with Crippen molar-refractivity contribution in [3.05, 3.63) is 66.2 Å². The standard InChI is InChI=1S/C20H23NO3/c1-14(2)13-23-18-9-5-7-16(11-18)20(22)21-17-8-6-10-19(12-17)24-15(3)4/h5-12,15H,1,13H2,2-4H3,(H,21,22). The largest absolute Gasteiger partial charge is 0.491 e. The van der Waals surface area contributed by atoms with Gasteiger partial charge in [0.2, 0.25) is 0 Å². The van der Waals surface area contributed by atoms with Gasteiger partial charge in [-0.2, -0.15) is 0 Å². The summed E-state index contributed by atoms with van der Waals surface area (Å²) in [4.78, 5) is 12.4. The number of amides is 1. The first-order valence-electron chi connectivity index (χ1n) is 7.89. The third-order valence-electron chi connectivity index (χ3n) is 3.05. The summed E-state index contributed by atoms with van der Waals surface area (Å²) in [7, 11) is 0. The van der Waals surface area contributed by atoms with Crippen molar-refractivity contribution in [2.24, 2.45) is 0 Å². The first-order valence-corrected chi connectivity index (χ1v) is 7.89. The molecule has 2 rings (SSSR count). The normalized spacial score (nSPS) is 10.3. The van der Waals surface area contributed by atoms with Crippen molar-refractivity contribution in [1.82, 2.24) is 0 Å². The zero-order chi connectivity index (χ0) is 17.5. The minimum atomic E-state index is -0.197. The van der Waals surface area contributed by atoms with E-state index >= 15 is 0 Å². The van der Waals surface area contributed by atoms with Crippen LogP contribution >= 0.6 is 0 Å². The number of benzene rings is 2. The molecule has 0 radical (unpaired) electrons. The van der Waals surface area contributed by atoms with E-state index in [2.05, 4.69) is 11.9 Å². The molecule has 4 nitrogen and oxygen atoms in total. The predicted octanol–water partition coefficient (Wildman–Crippen LogP) is 4.68. The van der Waals surface area contributed by atoms with Gasteiger partial charge in [-0.1, -0.05) is 18.7 Å². The van der Waals surface area contributed by atoms with Crippen molar-refractivity contribution in [3.8, 4) is 11.5 Å². The van der Waals surface area contributed by atoms with Crippen molar-refractivity contribution in [2.75, 3.05) is 11.9 Å². The summed E-state index contributed by atoms with van der Waals surface area (Å²) in [6.45, 7) is 10.0. The molecule has 126 valence electrons. The van der Waals surface area contributed by atoms with Gasteiger partial charge in [0, 0.05) is 17.3 Å². The maximum atomic E-state index is 12.4. The van der Waals surface area contributed by atoms with Gasteiger partial charge in [-0.25, -0.2) is 0 Å². The molecule has 4 heteroatoms. The quantitative estimate of drug-likeness (QED) is 0.752. The highest BCUT2D eigenvalue weighted by Gasteiger charge is 2.08. The van der Waals surface area contributed by atoms with E-state index in [0.717, 1.165) is 11.3 Å². The monoisotopic (exact) mass is 325 g/mol. The van der Waals surface area contributed by atoms with Crippen LogP contribution in [0.25, 0.3) is 0 Å². The van der Waals surface area contributed by atoms with Crippen LogP contribution in [0.1, 0.15) is 31.1 Å². The molecule has 2 aromatic carbocycles. The highest BCUT2D eigenvalue weighted by Crippen LogP contribution is 2.20. The molecule has 0 aliphatic heterocycles. The number of hydrogen-bond donors (Lipinski definition) is 1. The molecule has 0 aromatic heterocycles. The van der Waals surface area contributed by atoms with E-state index in [1.807, 2.05) is 45.0 Å². The minimum Gasteiger partial charge on any atom is -0.491 e. The fraction of sp³-hybridized carbons (Fsp3) is 0.250. The average Bonchev–Trinajstić information content (AvgIpc) is 2.53. The average molecular weight is 325 g/mol. The van der Waals surface area contributed by atoms with Crippen molar-refractivity contribution in [1.29, 1.82) is 0 Å². The molecule has 0 saturated carbocycles. The maximum Gasteiger partial charge on any atom is 0.255 e. The lowest BCUT2D eigenvalue weighted by Gasteiger charge is -2.12. The van der Waals surface area contributed by atoms with Crippen LogP contribution in [0.5, 0.6) is 11.5 Å². The van der Waals surface area contributed by atoms with Gasteiger partial charge in [-0.3, -0.25) is 4.79 Å². The van der Waals surface area contributed by atoms with E-state index in [1.165, 1.54) is 0 Å². The molecule has 0 fully saturated rings. The molecule has 0 aliphatic carbocycles. The van der Waals surface area contributed by atoms with Crippen molar-refractivity contribution in [2.45, 2.75) is 26.9 Å². The van der Waals surface area contributed by atoms with E-state index in [4.69, 9.17) is 9.47 Å². The van der Waals surface area contributed by atoms with Gasteiger partial charge in [0.15, 0.2) is 0 Å². The Kier molecular flexibility index (Phi) is 6.01. The number of carbonyl (C=O) groups excluding carboxylic acids is 1. The zero-order valence-electron chi connectivity index (χ0n) is 14.3. The third kappa shape index (κ3) is 5.47. The van der Waals surface area contributed by atoms with Crippen LogP contribution in [0.15, 0.2) is 60.7 Å². The predicted molar refractivity (Wildman–Crippen MR) is 96.9 cm³/mol. The minimum absolute atomic E-state index is 0.0816. The molecule has 0 aliphatic rings. The number of anilines is 1. The van der Waals surface area contributed by atoms with E-state index in [0.29, 0.717) is 23.6 Å². The molecule has 0 atom stereocenters. The molecule has 0 bridgehead atoms. The fourth-order valence-corrected chi connectivity index (χ4v) is 2.06. The lowest BCUT2D eigenvalue weighted by Crippen LogP contribution is -2.12. The second-order valence-electron chi connectivity index (χ2n) is 5.92. The van der Waals surface area contributed by atoms with E-state index in [9.17, 15) is 4.79 Å². The van der Waals surface area contributed by atoms with Crippen molar-refractivity contribution >= 4 is 11.6 Å². The number of hydrogen-bond acceptors (Lipinski definition) is 3. The van der Waals surface area contributed by atoms with Gasteiger partial charge in [-0.15, -0.1) is 0 Å². The van der Waals surface area contributed by atoms with Gasteiger partial charge in [0.25, 0.3) is 5.91 Å². The van der Waals surface area contributed by atoms with Crippen molar-refractivity contribution in [3.63, 3.8) is 0 Å². The number of ether oxygens (including phenoxy) is 2. The summed E-state index contributed by atoms with van der Waals surface area (Å²) in [5, 5.41) is 2.87. The second kappa shape index (κ2) is 8.20. The number of carbonyl (C=O) groups is 1. The lowest BCUT2D eigenvalue weighted by molar-refractivity contribution is 0.102. The Bertz CT molecular complexity index is 722. The summed E-state index contributed by atoms with van der Waals surface area (Å²) < 4.78 is 11.2. The lowest BCUT2D eigenvalue weighted by atomic mass is 10.2. The Labute approximate surface area is 143 Å². The first-order chi connectivity index (χ1) is 11.4. The van der Waals surface area contributed by atoms with Gasteiger partial charge in [-0.05, 0) is 56.7 Å². The molecule has 0 spiro atoms. The molecule has 24 heavy (non-hydrogen) atoms. The molecular weight excluding hydrogens is 302 g/mol. The van der Waals surface area contributed by atoms with Gasteiger partial charge in [0.1, 0.15) is 18.1 Å². The summed E-state index contributed by atoms with van der Waals surface area (Å²) >= 11 is 0. The van der Waals surface area contributed by atoms with Gasteiger partial charge < -0.3 is 14.8 Å². The zero-order valence-corrected chi connectivity index (χ0v) is 14.3. The summed E-state index contributed by atoms with van der Waals surface area (Å²) in [6, 6.07) is 14.4. The number of nitrogens with one attached hydrogen (secondary N) is 1. The van der Waals surface area contributed by atoms with Crippen molar-refractivity contribution < 1.29 is 14.3 Å². The molecular formula is C20H23NO3. The molecule has 1 amide bonds. The van der Waals surface area contributed by atoms with Gasteiger partial charge in [0.05, 0.1) is 6.10 Å². The van der Waals surface area contributed by atoms with Crippen LogP contribution in [0.3, 0.4) is 0 Å². The topological polar surface area (TPSA) is 47.6 Å². The van der Waals surface area contributed by atoms with Crippen LogP contribution in [-0.2, 0) is 0 Å². The SMILES string of the molecule is C=C(C)COc1cccc(C(=O)Nc2cccc(OC(C)C)c2)c1. The smallest absolute Gasteiger partial charge is 0.255 e. The third-order valence-corrected chi connectivity index (χ3v) is 3.05. The summed E-state index contributed by atoms with van der Waals surface area (Å²) in [6.07, 6.45) is 0.0816. The molecule has 1 N–H and O–H groups in total. The molecule has 0 unspecified atom stereocenters. The maximum absolute atomic E-state index is 12.4. The highest BCUT2D eigenvalue weighted by molar-refractivity contribution is 6.04. The van der Waals surface area contributed by atoms with Crippen LogP contribution in [0, 0.1) is 0 Å². The Morgan fingerprint density at radius 1 is 1.12 bits per heavy atom. The van der Waals surface area contributed by atoms with Crippen LogP contribution < -0.4 is 14.8 Å². The Balaban J connectivity index is 2.07.